The van der Waals surface area contributed by atoms with Crippen LogP contribution in [-0.4, -0.2) is 23.7 Å². The molecule has 2 nitrogen and oxygen atoms in total. The van der Waals surface area contributed by atoms with Crippen molar-refractivity contribution in [2.75, 3.05) is 13.1 Å². The van der Waals surface area contributed by atoms with Crippen LogP contribution in [-0.2, 0) is 13.1 Å². The monoisotopic (exact) mass is 278 g/mol. The Hall–Kier alpha value is -1.93. The second kappa shape index (κ2) is 7.19. The van der Waals surface area contributed by atoms with Gasteiger partial charge < -0.3 is 0 Å². The molecule has 2 aromatic carbocycles. The first kappa shape index (κ1) is 14.0. The summed E-state index contributed by atoms with van der Waals surface area (Å²) in [6, 6.07) is 21.2. The van der Waals surface area contributed by atoms with Crippen molar-refractivity contribution in [2.24, 2.45) is 4.99 Å². The van der Waals surface area contributed by atoms with Gasteiger partial charge in [-0.25, -0.2) is 0 Å². The van der Waals surface area contributed by atoms with Gasteiger partial charge in [-0.3, -0.25) is 9.89 Å². The van der Waals surface area contributed by atoms with E-state index >= 15 is 0 Å². The van der Waals surface area contributed by atoms with Crippen LogP contribution in [0, 0.1) is 0 Å². The van der Waals surface area contributed by atoms with Crippen LogP contribution in [0.3, 0.4) is 0 Å². The van der Waals surface area contributed by atoms with Crippen LogP contribution in [0.2, 0.25) is 0 Å². The van der Waals surface area contributed by atoms with E-state index in [0.29, 0.717) is 0 Å². The number of benzene rings is 2. The van der Waals surface area contributed by atoms with Crippen LogP contribution in [0.15, 0.2) is 65.7 Å². The highest BCUT2D eigenvalue weighted by Crippen LogP contribution is 2.13. The SMILES string of the molecule is c1ccc(CN=C2CCN(Cc3ccccc3)CC2)cc1. The number of piperidine rings is 1. The minimum Gasteiger partial charge on any atom is -0.298 e. The van der Waals surface area contributed by atoms with Gasteiger partial charge in [-0.2, -0.15) is 0 Å². The maximum absolute atomic E-state index is 4.78. The molecule has 21 heavy (non-hydrogen) atoms. The summed E-state index contributed by atoms with van der Waals surface area (Å²) in [4.78, 5) is 7.31. The van der Waals surface area contributed by atoms with Crippen molar-refractivity contribution >= 4 is 5.71 Å². The minimum absolute atomic E-state index is 0.828. The molecular weight excluding hydrogens is 256 g/mol. The Kier molecular flexibility index (Phi) is 4.80. The zero-order chi connectivity index (χ0) is 14.3. The zero-order valence-electron chi connectivity index (χ0n) is 12.4. The molecule has 0 radical (unpaired) electrons. The number of nitrogens with zero attached hydrogens (tertiary/aromatic N) is 2. The average molecular weight is 278 g/mol. The molecule has 0 aliphatic carbocycles. The average Bonchev–Trinajstić information content (AvgIpc) is 2.56. The van der Waals surface area contributed by atoms with Gasteiger partial charge in [0.2, 0.25) is 0 Å². The van der Waals surface area contributed by atoms with Crippen LogP contribution in [0.25, 0.3) is 0 Å². The normalized spacial score (nSPS) is 15.9. The standard InChI is InChI=1S/C19H22N2/c1-3-7-17(8-4-1)15-20-19-11-13-21(14-12-19)16-18-9-5-2-6-10-18/h1-10H,11-16H2. The molecular formula is C19H22N2. The lowest BCUT2D eigenvalue weighted by Crippen LogP contribution is -2.33. The van der Waals surface area contributed by atoms with E-state index in [1.54, 1.807) is 0 Å². The molecule has 0 atom stereocenters. The molecule has 2 heteroatoms. The smallest absolute Gasteiger partial charge is 0.0639 e. The van der Waals surface area contributed by atoms with Crippen LogP contribution >= 0.6 is 0 Å². The lowest BCUT2D eigenvalue weighted by Gasteiger charge is -2.27. The summed E-state index contributed by atoms with van der Waals surface area (Å²) in [6.07, 6.45) is 2.22. The van der Waals surface area contributed by atoms with E-state index in [9.17, 15) is 0 Å². The Bertz CT molecular complexity index is 565. The molecule has 0 spiro atoms. The molecule has 1 saturated heterocycles. The maximum atomic E-state index is 4.78. The fourth-order valence-corrected chi connectivity index (χ4v) is 2.76. The van der Waals surface area contributed by atoms with Gasteiger partial charge in [0.05, 0.1) is 6.54 Å². The molecule has 108 valence electrons. The van der Waals surface area contributed by atoms with Crippen molar-refractivity contribution in [1.29, 1.82) is 0 Å². The molecule has 2 aromatic rings. The Morgan fingerprint density at radius 1 is 0.762 bits per heavy atom. The molecule has 0 saturated carbocycles. The van der Waals surface area contributed by atoms with Crippen LogP contribution in [0.5, 0.6) is 0 Å². The molecule has 0 bridgehead atoms. The molecule has 3 rings (SSSR count). The third-order valence-corrected chi connectivity index (χ3v) is 4.01. The minimum atomic E-state index is 0.828. The second-order valence-corrected chi connectivity index (χ2v) is 5.63. The Morgan fingerprint density at radius 3 is 1.95 bits per heavy atom. The van der Waals surface area contributed by atoms with E-state index in [-0.39, 0.29) is 0 Å². The van der Waals surface area contributed by atoms with Crippen molar-refractivity contribution < 1.29 is 0 Å². The van der Waals surface area contributed by atoms with E-state index in [4.69, 9.17) is 4.99 Å². The summed E-state index contributed by atoms with van der Waals surface area (Å²) in [5, 5.41) is 0. The number of rotatable bonds is 4. The van der Waals surface area contributed by atoms with Gasteiger partial charge in [-0.05, 0) is 24.0 Å². The molecule has 0 unspecified atom stereocenters. The first-order chi connectivity index (χ1) is 10.4. The summed E-state index contributed by atoms with van der Waals surface area (Å²) in [7, 11) is 0. The Labute approximate surface area is 127 Å². The number of likely N-dealkylation sites (tertiary alicyclic amines) is 1. The van der Waals surface area contributed by atoms with Crippen molar-refractivity contribution in [1.82, 2.24) is 4.90 Å². The van der Waals surface area contributed by atoms with Crippen molar-refractivity contribution in [3.63, 3.8) is 0 Å². The highest BCUT2D eigenvalue weighted by Gasteiger charge is 2.14. The summed E-state index contributed by atoms with van der Waals surface area (Å²) >= 11 is 0. The highest BCUT2D eigenvalue weighted by molar-refractivity contribution is 5.85. The molecule has 1 heterocycles. The summed E-state index contributed by atoms with van der Waals surface area (Å²) in [5.41, 5.74) is 4.09. The van der Waals surface area contributed by atoms with Crippen LogP contribution in [0.4, 0.5) is 0 Å². The number of hydrogen-bond donors (Lipinski definition) is 0. The maximum Gasteiger partial charge on any atom is 0.0639 e. The zero-order valence-corrected chi connectivity index (χ0v) is 12.4. The van der Waals surface area contributed by atoms with E-state index in [0.717, 1.165) is 39.0 Å². The summed E-state index contributed by atoms with van der Waals surface area (Å²) in [5.74, 6) is 0. The molecule has 0 aromatic heterocycles. The van der Waals surface area contributed by atoms with Gasteiger partial charge in [0.15, 0.2) is 0 Å². The highest BCUT2D eigenvalue weighted by atomic mass is 15.1. The van der Waals surface area contributed by atoms with E-state index < -0.39 is 0 Å². The lowest BCUT2D eigenvalue weighted by atomic mass is 10.1. The van der Waals surface area contributed by atoms with E-state index in [2.05, 4.69) is 65.6 Å². The molecule has 1 fully saturated rings. The molecule has 1 aliphatic heterocycles. The van der Waals surface area contributed by atoms with Gasteiger partial charge in [0.1, 0.15) is 0 Å². The summed E-state index contributed by atoms with van der Waals surface area (Å²) < 4.78 is 0. The predicted molar refractivity (Wildman–Crippen MR) is 88.5 cm³/mol. The van der Waals surface area contributed by atoms with Crippen LogP contribution in [0.1, 0.15) is 24.0 Å². The third-order valence-electron chi connectivity index (χ3n) is 4.01. The van der Waals surface area contributed by atoms with Gasteiger partial charge in [-0.15, -0.1) is 0 Å². The lowest BCUT2D eigenvalue weighted by molar-refractivity contribution is 0.266. The van der Waals surface area contributed by atoms with Gasteiger partial charge >= 0.3 is 0 Å². The first-order valence-corrected chi connectivity index (χ1v) is 7.72. The van der Waals surface area contributed by atoms with Gasteiger partial charge in [0, 0.05) is 25.3 Å². The fraction of sp³-hybridized carbons (Fsp3) is 0.316. The number of hydrogen-bond acceptors (Lipinski definition) is 2. The van der Waals surface area contributed by atoms with Crippen molar-refractivity contribution in [3.05, 3.63) is 71.8 Å². The van der Waals surface area contributed by atoms with Gasteiger partial charge in [-0.1, -0.05) is 60.7 Å². The fourth-order valence-electron chi connectivity index (χ4n) is 2.76. The Morgan fingerprint density at radius 2 is 1.33 bits per heavy atom. The second-order valence-electron chi connectivity index (χ2n) is 5.63. The van der Waals surface area contributed by atoms with Crippen LogP contribution < -0.4 is 0 Å². The predicted octanol–water partition coefficient (Wildman–Crippen LogP) is 3.92. The van der Waals surface area contributed by atoms with Crippen molar-refractivity contribution in [2.45, 2.75) is 25.9 Å². The Balaban J connectivity index is 1.49. The van der Waals surface area contributed by atoms with Gasteiger partial charge in [0.25, 0.3) is 0 Å². The van der Waals surface area contributed by atoms with E-state index in [1.165, 1.54) is 16.8 Å². The van der Waals surface area contributed by atoms with Crippen molar-refractivity contribution in [3.8, 4) is 0 Å². The largest absolute Gasteiger partial charge is 0.298 e. The molecule has 0 amide bonds. The van der Waals surface area contributed by atoms with E-state index in [1.807, 2.05) is 0 Å². The third kappa shape index (κ3) is 4.27. The molecule has 0 N–H and O–H groups in total. The topological polar surface area (TPSA) is 15.6 Å². The first-order valence-electron chi connectivity index (χ1n) is 7.72. The molecule has 1 aliphatic rings. The summed E-state index contributed by atoms with van der Waals surface area (Å²) in [6.45, 7) is 4.15. The number of aliphatic imine (C=N–C) groups is 1. The quantitative estimate of drug-likeness (QED) is 0.827.